The topological polar surface area (TPSA) is 89.5 Å². The molecule has 1 fully saturated rings. The third kappa shape index (κ3) is 6.74. The zero-order valence-corrected chi connectivity index (χ0v) is 23.4. The summed E-state index contributed by atoms with van der Waals surface area (Å²) in [6.07, 6.45) is -15.7. The van der Waals surface area contributed by atoms with Gasteiger partial charge in [-0.15, -0.1) is 5.10 Å². The Bertz CT molecular complexity index is 1670. The van der Waals surface area contributed by atoms with E-state index in [1.54, 1.807) is 70.2 Å². The predicted molar refractivity (Wildman–Crippen MR) is 151 cm³/mol. The van der Waals surface area contributed by atoms with Crippen molar-refractivity contribution in [3.05, 3.63) is 84.9 Å². The minimum absolute atomic E-state index is 0.111. The summed E-state index contributed by atoms with van der Waals surface area (Å²) in [6.45, 7) is 2.33. The largest absolute Gasteiger partial charge is 0.440 e. The number of nitrogens with zero attached hydrogens (tertiary/aromatic N) is 8. The number of benzene rings is 3. The lowest BCUT2D eigenvalue weighted by molar-refractivity contribution is -0.923. The Morgan fingerprint density at radius 2 is 1.33 bits per heavy atom. The number of aromatic nitrogens is 6. The molecule has 16 heteroatoms. The number of nitrogens with one attached hydrogen (secondary N) is 1. The summed E-state index contributed by atoms with van der Waals surface area (Å²) >= 11 is 0. The van der Waals surface area contributed by atoms with Crippen LogP contribution in [0.4, 0.5) is 49.6 Å². The highest BCUT2D eigenvalue weighted by molar-refractivity contribution is 5.74. The van der Waals surface area contributed by atoms with Crippen molar-refractivity contribution in [2.75, 3.05) is 36.0 Å². The number of alkyl halides is 6. The molecule has 2 aromatic heterocycles. The minimum Gasteiger partial charge on any atom is -0.440 e. The maximum absolute atomic E-state index is 13.5. The molecule has 0 saturated carbocycles. The summed E-state index contributed by atoms with van der Waals surface area (Å²) < 4.78 is 87.2. The number of hydrogen-bond donors (Lipinski definition) is 1. The first-order chi connectivity index (χ1) is 21.6. The van der Waals surface area contributed by atoms with E-state index in [-0.39, 0.29) is 11.9 Å². The van der Waals surface area contributed by atoms with Crippen LogP contribution in [0.1, 0.15) is 0 Å². The molecule has 3 heterocycles. The van der Waals surface area contributed by atoms with Crippen molar-refractivity contribution in [3.8, 4) is 6.01 Å². The zero-order chi connectivity index (χ0) is 31.6. The molecule has 0 unspecified atom stereocenters. The van der Waals surface area contributed by atoms with E-state index in [1.807, 2.05) is 24.3 Å². The first-order valence-corrected chi connectivity index (χ1v) is 13.9. The van der Waals surface area contributed by atoms with Crippen LogP contribution in [0.15, 0.2) is 84.9 Å². The Hall–Kier alpha value is -4.99. The average molecular weight is 631 g/mol. The first-order valence-electron chi connectivity index (χ1n) is 13.9. The van der Waals surface area contributed by atoms with Gasteiger partial charge in [-0.05, 0) is 36.4 Å². The van der Waals surface area contributed by atoms with E-state index in [0.29, 0.717) is 44.2 Å². The molecular formula is C29H26F6N9O+. The van der Waals surface area contributed by atoms with Gasteiger partial charge in [0.05, 0.1) is 31.7 Å². The summed E-state index contributed by atoms with van der Waals surface area (Å²) in [5, 5.41) is 8.40. The van der Waals surface area contributed by atoms with Gasteiger partial charge in [-0.2, -0.15) is 46.0 Å². The van der Waals surface area contributed by atoms with Gasteiger partial charge in [-0.3, -0.25) is 4.90 Å². The number of piperazine rings is 1. The maximum Gasteiger partial charge on any atom is 0.434 e. The number of rotatable bonds is 8. The Balaban J connectivity index is 1.33. The second-order valence-electron chi connectivity index (χ2n) is 10.3. The number of para-hydroxylation sites is 3. The van der Waals surface area contributed by atoms with E-state index in [1.165, 1.54) is 4.90 Å². The van der Waals surface area contributed by atoms with Crippen molar-refractivity contribution in [1.29, 1.82) is 0 Å². The van der Waals surface area contributed by atoms with Crippen molar-refractivity contribution < 1.29 is 36.0 Å². The van der Waals surface area contributed by atoms with Gasteiger partial charge < -0.3 is 14.5 Å². The fourth-order valence-electron chi connectivity index (χ4n) is 5.02. The number of ether oxygens (including phenoxy) is 1. The first kappa shape index (κ1) is 30.1. The lowest BCUT2D eigenvalue weighted by Crippen LogP contribution is -3.14. The van der Waals surface area contributed by atoms with Crippen LogP contribution in [-0.4, -0.2) is 74.6 Å². The van der Waals surface area contributed by atoms with Crippen LogP contribution in [0, 0.1) is 0 Å². The van der Waals surface area contributed by atoms with E-state index in [9.17, 15) is 26.3 Å². The van der Waals surface area contributed by atoms with Gasteiger partial charge >= 0.3 is 18.4 Å². The molecule has 5 aromatic rings. The number of quaternary nitrogens is 1. The van der Waals surface area contributed by atoms with E-state index >= 15 is 0 Å². The molecule has 1 aliphatic rings. The zero-order valence-electron chi connectivity index (χ0n) is 23.4. The number of hydrogen-bond acceptors (Lipinski definition) is 8. The van der Waals surface area contributed by atoms with Crippen LogP contribution in [0.5, 0.6) is 6.01 Å². The van der Waals surface area contributed by atoms with Crippen molar-refractivity contribution in [2.24, 2.45) is 0 Å². The second-order valence-corrected chi connectivity index (χ2v) is 10.3. The summed E-state index contributed by atoms with van der Waals surface area (Å²) in [6, 6.07) is 23.7. The van der Waals surface area contributed by atoms with Crippen LogP contribution in [0.3, 0.4) is 0 Å². The third-order valence-corrected chi connectivity index (χ3v) is 7.18. The van der Waals surface area contributed by atoms with Gasteiger partial charge in [-0.25, -0.2) is 0 Å². The molecule has 0 spiro atoms. The molecule has 234 valence electrons. The van der Waals surface area contributed by atoms with Gasteiger partial charge in [0.15, 0.2) is 6.67 Å². The fraction of sp³-hybridized carbons (Fsp3) is 0.276. The summed E-state index contributed by atoms with van der Waals surface area (Å²) in [5.41, 5.74) is 2.67. The second kappa shape index (κ2) is 12.2. The lowest BCUT2D eigenvalue weighted by atomic mass is 10.2. The van der Waals surface area contributed by atoms with Gasteiger partial charge in [0.2, 0.25) is 11.9 Å². The van der Waals surface area contributed by atoms with Gasteiger partial charge in [0.25, 0.3) is 6.10 Å². The summed E-state index contributed by atoms with van der Waals surface area (Å²) in [7, 11) is 0. The fourth-order valence-corrected chi connectivity index (χ4v) is 5.02. The molecule has 0 amide bonds. The van der Waals surface area contributed by atoms with Crippen molar-refractivity contribution in [3.63, 3.8) is 0 Å². The van der Waals surface area contributed by atoms with Crippen LogP contribution >= 0.6 is 0 Å². The molecule has 10 nitrogen and oxygen atoms in total. The highest BCUT2D eigenvalue weighted by atomic mass is 19.4. The van der Waals surface area contributed by atoms with Crippen molar-refractivity contribution in [2.45, 2.75) is 25.1 Å². The minimum atomic E-state index is -5.76. The van der Waals surface area contributed by atoms with E-state index in [0.717, 1.165) is 15.9 Å². The van der Waals surface area contributed by atoms with Crippen molar-refractivity contribution >= 4 is 34.3 Å². The molecule has 0 atom stereocenters. The number of anilines is 4. The quantitative estimate of drug-likeness (QED) is 0.254. The molecule has 1 N–H and O–H groups in total. The summed E-state index contributed by atoms with van der Waals surface area (Å²) in [5.74, 6) is -0.320. The lowest BCUT2D eigenvalue weighted by Gasteiger charge is -2.33. The molecule has 3 aromatic carbocycles. The van der Waals surface area contributed by atoms with E-state index in [2.05, 4.69) is 30.0 Å². The normalized spacial score (nSPS) is 14.7. The molecule has 1 saturated heterocycles. The molecule has 0 aliphatic carbocycles. The Morgan fingerprint density at radius 3 is 1.93 bits per heavy atom. The predicted octanol–water partition coefficient (Wildman–Crippen LogP) is 4.32. The maximum atomic E-state index is 13.5. The highest BCUT2D eigenvalue weighted by Gasteiger charge is 2.59. The number of halogens is 6. The van der Waals surface area contributed by atoms with E-state index in [4.69, 9.17) is 0 Å². The third-order valence-electron chi connectivity index (χ3n) is 7.18. The molecule has 1 aliphatic heterocycles. The molecule has 45 heavy (non-hydrogen) atoms. The van der Waals surface area contributed by atoms with Crippen molar-refractivity contribution in [1.82, 2.24) is 29.9 Å². The van der Waals surface area contributed by atoms with Crippen LogP contribution in [0.2, 0.25) is 0 Å². The van der Waals surface area contributed by atoms with Gasteiger partial charge in [0.1, 0.15) is 5.52 Å². The van der Waals surface area contributed by atoms with Crippen LogP contribution in [-0.2, 0) is 6.67 Å². The smallest absolute Gasteiger partial charge is 0.434 e. The van der Waals surface area contributed by atoms with Crippen LogP contribution in [0.25, 0.3) is 11.0 Å². The molecule has 6 rings (SSSR count). The molecule has 0 radical (unpaired) electrons. The highest BCUT2D eigenvalue weighted by Crippen LogP contribution is 2.38. The average Bonchev–Trinajstić information content (AvgIpc) is 3.43. The van der Waals surface area contributed by atoms with Gasteiger partial charge in [0, 0.05) is 11.4 Å². The van der Waals surface area contributed by atoms with E-state index < -0.39 is 24.5 Å². The standard InChI is InChI=1S/C29H25F6N9O/c30-28(31,32)24(29(33,34)35)45-27-37-25(36-26(38-27)44(20-9-3-1-4-10-20)21-11-5-2-6-12-21)42-17-15-41(16-18-42)19-43-23-14-8-7-13-22(23)39-40-43/h1-14,24H,15-19H2/p+1. The Labute approximate surface area is 252 Å². The monoisotopic (exact) mass is 630 g/mol. The molecule has 0 bridgehead atoms. The van der Waals surface area contributed by atoms with Crippen LogP contribution < -0.4 is 19.4 Å². The number of fused-ring (bicyclic) bond motifs is 1. The molecular weight excluding hydrogens is 604 g/mol. The Kier molecular flexibility index (Phi) is 8.14. The SMILES string of the molecule is FC(F)(F)C(Oc1nc(N2CC[NH+](Cn3nnc4ccccc43)CC2)nc(N(c2ccccc2)c2ccccc2)n1)C(F)(F)F. The van der Waals surface area contributed by atoms with Gasteiger partial charge in [-0.1, -0.05) is 53.7 Å². The Morgan fingerprint density at radius 1 is 0.756 bits per heavy atom. The summed E-state index contributed by atoms with van der Waals surface area (Å²) in [4.78, 5) is 16.8.